The maximum Gasteiger partial charge on any atom is 0.263 e. The molecule has 0 radical (unpaired) electrons. The number of ether oxygens (including phenoxy) is 3. The molecule has 2 aromatic carbocycles. The Morgan fingerprint density at radius 2 is 1.81 bits per heavy atom. The van der Waals surface area contributed by atoms with Gasteiger partial charge in [-0.05, 0) is 111 Å². The fraction of sp³-hybridized carbons (Fsp3) is 0.649. The van der Waals surface area contributed by atoms with E-state index >= 15 is 0 Å². The number of fused-ring (bicyclic) bond motifs is 4. The van der Waals surface area contributed by atoms with Crippen LogP contribution in [0.25, 0.3) is 0 Å². The van der Waals surface area contributed by atoms with Gasteiger partial charge in [0, 0.05) is 42.1 Å². The third kappa shape index (κ3) is 7.30. The molecule has 2 bridgehead atoms. The van der Waals surface area contributed by atoms with Gasteiger partial charge >= 0.3 is 0 Å². The zero-order valence-corrected chi connectivity index (χ0v) is 30.1. The molecule has 9 nitrogen and oxygen atoms in total. The van der Waals surface area contributed by atoms with Gasteiger partial charge in [0.2, 0.25) is 0 Å². The average Bonchev–Trinajstić information content (AvgIpc) is 3.23. The zero-order valence-electron chi connectivity index (χ0n) is 28.5. The quantitative estimate of drug-likeness (QED) is 0.363. The lowest BCUT2D eigenvalue weighted by Crippen LogP contribution is -2.51. The number of nitrogens with one attached hydrogen (secondary N) is 1. The van der Waals surface area contributed by atoms with Crippen LogP contribution in [-0.4, -0.2) is 72.8 Å². The molecule has 7 atom stereocenters. The van der Waals surface area contributed by atoms with Crippen LogP contribution < -0.4 is 20.1 Å². The summed E-state index contributed by atoms with van der Waals surface area (Å²) in [6.07, 6.45) is 8.05. The van der Waals surface area contributed by atoms with Gasteiger partial charge in [0.15, 0.2) is 6.29 Å². The van der Waals surface area contributed by atoms with Crippen LogP contribution >= 0.6 is 11.6 Å². The molecule has 1 amide bonds. The predicted octanol–water partition coefficient (Wildman–Crippen LogP) is 5.37. The number of aryl methyl sites for hydroxylation is 1. The molecule has 5 aliphatic rings. The van der Waals surface area contributed by atoms with Gasteiger partial charge in [0.1, 0.15) is 16.7 Å². The second-order valence-electron chi connectivity index (χ2n) is 14.6. The summed E-state index contributed by atoms with van der Waals surface area (Å²) in [7, 11) is -0.505. The second kappa shape index (κ2) is 15.4. The molecule has 1 saturated carbocycles. The Kier molecular flexibility index (Phi) is 11.4. The molecule has 264 valence electrons. The van der Waals surface area contributed by atoms with Gasteiger partial charge in [-0.3, -0.25) is 9.52 Å². The average molecular weight is 702 g/mol. The molecule has 2 aliphatic carbocycles. The van der Waals surface area contributed by atoms with Crippen LogP contribution in [0.5, 0.6) is 5.75 Å². The first kappa shape index (κ1) is 35.6. The van der Waals surface area contributed by atoms with Crippen molar-refractivity contribution >= 4 is 34.2 Å². The van der Waals surface area contributed by atoms with Crippen LogP contribution in [0.15, 0.2) is 36.4 Å². The van der Waals surface area contributed by atoms with Crippen molar-refractivity contribution in [3.05, 3.63) is 58.1 Å². The van der Waals surface area contributed by atoms with Gasteiger partial charge in [0.05, 0.1) is 36.8 Å². The monoisotopic (exact) mass is 701 g/mol. The van der Waals surface area contributed by atoms with Crippen LogP contribution in [0, 0.1) is 23.7 Å². The van der Waals surface area contributed by atoms with E-state index in [2.05, 4.69) is 28.7 Å². The molecule has 1 saturated heterocycles. The van der Waals surface area contributed by atoms with Crippen LogP contribution in [0.2, 0.25) is 5.02 Å². The normalized spacial score (nSPS) is 35.4. The van der Waals surface area contributed by atoms with Gasteiger partial charge in [0.25, 0.3) is 5.91 Å². The first-order valence-corrected chi connectivity index (χ1v) is 19.3. The maximum atomic E-state index is 13.5. The molecule has 2 aromatic rings. The van der Waals surface area contributed by atoms with Crippen molar-refractivity contribution in [3.63, 3.8) is 0 Å². The Morgan fingerprint density at radius 1 is 1.02 bits per heavy atom. The Hall–Kier alpha value is -2.21. The Labute approximate surface area is 292 Å². The summed E-state index contributed by atoms with van der Waals surface area (Å²) in [5.41, 5.74) is 10.0. The third-order valence-electron chi connectivity index (χ3n) is 11.6. The van der Waals surface area contributed by atoms with E-state index in [0.717, 1.165) is 88.0 Å². The van der Waals surface area contributed by atoms with E-state index in [0.29, 0.717) is 37.2 Å². The number of nitrogens with zero attached hydrogens (tertiary/aromatic N) is 1. The molecule has 6 unspecified atom stereocenters. The number of carbonyl (C=O) groups is 1. The third-order valence-corrected chi connectivity index (χ3v) is 13.4. The molecule has 48 heavy (non-hydrogen) atoms. The SMILES string of the molecule is CC1CCCC(C2OCC(N)CO2)C2CCC2CN2C[C@@]3(CCCc4cc(Cl)ccc43)COc3ccc(cc32)C(=O)NS(=O)C1C.CO. The summed E-state index contributed by atoms with van der Waals surface area (Å²) in [6, 6.07) is 11.9. The van der Waals surface area contributed by atoms with Crippen LogP contribution in [0.1, 0.15) is 80.3 Å². The molecule has 0 aromatic heterocycles. The molecule has 1 spiro atoms. The molecule has 7 rings (SSSR count). The maximum absolute atomic E-state index is 13.5. The van der Waals surface area contributed by atoms with Crippen molar-refractivity contribution < 1.29 is 28.3 Å². The Morgan fingerprint density at radius 3 is 2.56 bits per heavy atom. The van der Waals surface area contributed by atoms with Gasteiger partial charge in [-0.1, -0.05) is 31.0 Å². The highest BCUT2D eigenvalue weighted by molar-refractivity contribution is 7.84. The van der Waals surface area contributed by atoms with Crippen molar-refractivity contribution in [2.75, 3.05) is 44.9 Å². The van der Waals surface area contributed by atoms with Crippen molar-refractivity contribution in [3.8, 4) is 5.75 Å². The lowest BCUT2D eigenvalue weighted by atomic mass is 9.64. The van der Waals surface area contributed by atoms with E-state index in [4.69, 9.17) is 36.7 Å². The molecule has 2 fully saturated rings. The molecule has 3 aliphatic heterocycles. The number of aliphatic hydroxyl groups excluding tert-OH is 1. The fourth-order valence-corrected chi connectivity index (χ4v) is 9.86. The van der Waals surface area contributed by atoms with Crippen molar-refractivity contribution in [1.29, 1.82) is 0 Å². The van der Waals surface area contributed by atoms with Crippen molar-refractivity contribution in [2.24, 2.45) is 29.4 Å². The van der Waals surface area contributed by atoms with Crippen molar-refractivity contribution in [1.82, 2.24) is 4.72 Å². The minimum absolute atomic E-state index is 0.0852. The van der Waals surface area contributed by atoms with Crippen LogP contribution in [-0.2, 0) is 32.3 Å². The van der Waals surface area contributed by atoms with E-state index in [9.17, 15) is 9.00 Å². The van der Waals surface area contributed by atoms with E-state index in [1.807, 2.05) is 25.1 Å². The summed E-state index contributed by atoms with van der Waals surface area (Å²) in [5, 5.41) is 7.60. The minimum Gasteiger partial charge on any atom is -0.490 e. The first-order valence-electron chi connectivity index (χ1n) is 17.7. The number of rotatable bonds is 1. The Balaban J connectivity index is 0.00000197. The molecule has 4 N–H and O–H groups in total. The van der Waals surface area contributed by atoms with Gasteiger partial charge in [-0.2, -0.15) is 0 Å². The van der Waals surface area contributed by atoms with E-state index < -0.39 is 11.0 Å². The molecule has 3 heterocycles. The summed E-state index contributed by atoms with van der Waals surface area (Å²) in [4.78, 5) is 16.0. The number of hydrogen-bond acceptors (Lipinski definition) is 8. The number of aliphatic hydroxyl groups is 1. The lowest BCUT2D eigenvalue weighted by molar-refractivity contribution is -0.229. The predicted molar refractivity (Wildman–Crippen MR) is 190 cm³/mol. The standard InChI is InChI=1S/C36H48ClN3O5S.CH4O/c1-22-5-3-7-30(35-43-18-28(38)19-44-35)29-11-8-26(29)17-40-20-36(14-4-6-24-15-27(37)10-12-31(24)36)21-45-33-13-9-25(16-32(33)40)34(41)39-46(42)23(22)2;1-2/h9-10,12-13,15-16,22-23,26,28-30,35H,3-8,11,14,17-21,38H2,1-2H3,(H,39,41);2H,1H3/t22?,23?,26?,28?,29?,30?,35?,36-,46?;/m0./s1. The fourth-order valence-electron chi connectivity index (χ4n) is 8.62. The minimum atomic E-state index is -1.51. The smallest absolute Gasteiger partial charge is 0.263 e. The molecular formula is C37H52ClN3O6S. The largest absolute Gasteiger partial charge is 0.490 e. The molecule has 11 heteroatoms. The number of anilines is 1. The van der Waals surface area contributed by atoms with Gasteiger partial charge in [-0.25, -0.2) is 4.21 Å². The number of nitrogens with two attached hydrogens (primary N) is 1. The number of halogens is 1. The number of benzene rings is 2. The summed E-state index contributed by atoms with van der Waals surface area (Å²) >= 11 is 6.46. The topological polar surface area (TPSA) is 123 Å². The number of amides is 1. The van der Waals surface area contributed by atoms with Gasteiger partial charge < -0.3 is 30.0 Å². The van der Waals surface area contributed by atoms with Crippen LogP contribution in [0.4, 0.5) is 5.69 Å². The highest BCUT2D eigenvalue weighted by Gasteiger charge is 2.46. The summed E-state index contributed by atoms with van der Waals surface area (Å²) < 4.78 is 35.3. The second-order valence-corrected chi connectivity index (χ2v) is 16.6. The summed E-state index contributed by atoms with van der Waals surface area (Å²) in [5.74, 6) is 1.86. The first-order chi connectivity index (χ1) is 23.2. The highest BCUT2D eigenvalue weighted by atomic mass is 35.5. The highest BCUT2D eigenvalue weighted by Crippen LogP contribution is 2.49. The van der Waals surface area contributed by atoms with Crippen LogP contribution in [0.3, 0.4) is 0 Å². The summed E-state index contributed by atoms with van der Waals surface area (Å²) in [6.45, 7) is 7.37. The lowest BCUT2D eigenvalue weighted by Gasteiger charge is -2.48. The van der Waals surface area contributed by atoms with E-state index in [1.54, 1.807) is 6.07 Å². The Bertz CT molecular complexity index is 1470. The van der Waals surface area contributed by atoms with E-state index in [-0.39, 0.29) is 40.7 Å². The van der Waals surface area contributed by atoms with Gasteiger partial charge in [-0.15, -0.1) is 0 Å². The zero-order chi connectivity index (χ0) is 34.0. The van der Waals surface area contributed by atoms with Crippen molar-refractivity contribution in [2.45, 2.75) is 88.2 Å². The molecular weight excluding hydrogens is 650 g/mol. The number of carbonyl (C=O) groups excluding carboxylic acids is 1. The number of hydrogen-bond donors (Lipinski definition) is 3. The van der Waals surface area contributed by atoms with E-state index in [1.165, 1.54) is 11.1 Å².